The number of carbonyl (C=O) groups is 1. The summed E-state index contributed by atoms with van der Waals surface area (Å²) in [7, 11) is 0. The molecule has 0 fully saturated rings. The van der Waals surface area contributed by atoms with Gasteiger partial charge in [-0.05, 0) is 38.5 Å². The first-order valence-electron chi connectivity index (χ1n) is 7.69. The maximum absolute atomic E-state index is 12.4. The number of ether oxygens (including phenoxy) is 2. The normalized spacial score (nSPS) is 14.9. The van der Waals surface area contributed by atoms with Crippen LogP contribution < -0.4 is 14.8 Å². The van der Waals surface area contributed by atoms with Crippen molar-refractivity contribution < 1.29 is 18.8 Å². The van der Waals surface area contributed by atoms with E-state index in [0.29, 0.717) is 30.2 Å². The van der Waals surface area contributed by atoms with Crippen LogP contribution in [-0.4, -0.2) is 24.3 Å². The number of benzene rings is 1. The summed E-state index contributed by atoms with van der Waals surface area (Å²) in [6, 6.07) is 5.56. The van der Waals surface area contributed by atoms with Crippen LogP contribution in [0.15, 0.2) is 22.7 Å². The van der Waals surface area contributed by atoms with Gasteiger partial charge in [-0.25, -0.2) is 0 Å². The van der Waals surface area contributed by atoms with Crippen molar-refractivity contribution in [3.05, 3.63) is 40.8 Å². The van der Waals surface area contributed by atoms with Gasteiger partial charge in [0.2, 0.25) is 0 Å². The van der Waals surface area contributed by atoms with Crippen molar-refractivity contribution in [2.75, 3.05) is 13.2 Å². The number of fused-ring (bicyclic) bond motifs is 1. The molecule has 6 nitrogen and oxygen atoms in total. The highest BCUT2D eigenvalue weighted by Gasteiger charge is 2.20. The molecule has 122 valence electrons. The Balaban J connectivity index is 1.77. The maximum Gasteiger partial charge on any atom is 0.257 e. The molecule has 0 aliphatic carbocycles. The number of hydrogen-bond donors (Lipinski definition) is 1. The van der Waals surface area contributed by atoms with Gasteiger partial charge in [-0.15, -0.1) is 0 Å². The van der Waals surface area contributed by atoms with Crippen LogP contribution in [0.5, 0.6) is 11.5 Å². The third kappa shape index (κ3) is 3.16. The van der Waals surface area contributed by atoms with E-state index in [1.807, 2.05) is 25.1 Å². The molecule has 1 amide bonds. The van der Waals surface area contributed by atoms with Crippen LogP contribution in [0.4, 0.5) is 0 Å². The highest BCUT2D eigenvalue weighted by Crippen LogP contribution is 2.32. The first-order chi connectivity index (χ1) is 11.1. The maximum atomic E-state index is 12.4. The van der Waals surface area contributed by atoms with Crippen molar-refractivity contribution in [2.45, 2.75) is 33.2 Å². The summed E-state index contributed by atoms with van der Waals surface area (Å²) in [4.78, 5) is 12.4. The molecule has 3 rings (SSSR count). The van der Waals surface area contributed by atoms with Gasteiger partial charge >= 0.3 is 0 Å². The molecule has 1 aromatic carbocycles. The summed E-state index contributed by atoms with van der Waals surface area (Å²) in [6.07, 6.45) is 0.863. The van der Waals surface area contributed by atoms with Gasteiger partial charge in [0.1, 0.15) is 11.3 Å². The van der Waals surface area contributed by atoms with Crippen molar-refractivity contribution in [1.29, 1.82) is 0 Å². The molecule has 0 radical (unpaired) electrons. The second-order valence-corrected chi connectivity index (χ2v) is 5.65. The number of nitrogens with one attached hydrogen (secondary N) is 1. The van der Waals surface area contributed by atoms with E-state index in [-0.39, 0.29) is 11.9 Å². The number of nitrogens with zero attached hydrogens (tertiary/aromatic N) is 1. The molecule has 6 heteroatoms. The van der Waals surface area contributed by atoms with Crippen LogP contribution in [-0.2, 0) is 0 Å². The molecular weight excluding hydrogens is 296 g/mol. The predicted octanol–water partition coefficient (Wildman–Crippen LogP) is 2.94. The monoisotopic (exact) mass is 316 g/mol. The van der Waals surface area contributed by atoms with Gasteiger partial charge in [-0.3, -0.25) is 4.79 Å². The van der Waals surface area contributed by atoms with Crippen LogP contribution in [0.1, 0.15) is 46.8 Å². The number of carbonyl (C=O) groups excluding carboxylic acids is 1. The molecule has 23 heavy (non-hydrogen) atoms. The Hall–Kier alpha value is -2.50. The van der Waals surface area contributed by atoms with Crippen molar-refractivity contribution in [3.63, 3.8) is 0 Å². The van der Waals surface area contributed by atoms with Crippen LogP contribution in [0.2, 0.25) is 0 Å². The zero-order chi connectivity index (χ0) is 16.4. The van der Waals surface area contributed by atoms with Crippen molar-refractivity contribution >= 4 is 5.91 Å². The van der Waals surface area contributed by atoms with E-state index in [1.54, 1.807) is 13.8 Å². The Bertz CT molecular complexity index is 704. The van der Waals surface area contributed by atoms with E-state index in [4.69, 9.17) is 14.0 Å². The van der Waals surface area contributed by atoms with E-state index in [1.165, 1.54) is 0 Å². The number of rotatable bonds is 3. The molecule has 0 saturated heterocycles. The highest BCUT2D eigenvalue weighted by atomic mass is 16.5. The summed E-state index contributed by atoms with van der Waals surface area (Å²) >= 11 is 0. The average molecular weight is 316 g/mol. The smallest absolute Gasteiger partial charge is 0.257 e. The van der Waals surface area contributed by atoms with E-state index in [2.05, 4.69) is 10.5 Å². The van der Waals surface area contributed by atoms with E-state index >= 15 is 0 Å². The summed E-state index contributed by atoms with van der Waals surface area (Å²) < 4.78 is 16.4. The Labute approximate surface area is 134 Å². The standard InChI is InChI=1S/C17H20N2O4/c1-10(18-17(20)16-11(2)19-23-12(16)3)13-5-6-14-15(9-13)22-8-4-7-21-14/h5-6,9-10H,4,7-8H2,1-3H3,(H,18,20)/t10-/m0/s1. The SMILES string of the molecule is Cc1noc(C)c1C(=O)N[C@@H](C)c1ccc2c(c1)OCCCO2. The molecule has 1 aliphatic heterocycles. The summed E-state index contributed by atoms with van der Waals surface area (Å²) in [5.41, 5.74) is 2.03. The van der Waals surface area contributed by atoms with Gasteiger partial charge in [0.05, 0.1) is 24.9 Å². The third-order valence-corrected chi connectivity index (χ3v) is 3.88. The molecule has 0 saturated carbocycles. The fourth-order valence-electron chi connectivity index (χ4n) is 2.61. The van der Waals surface area contributed by atoms with E-state index in [9.17, 15) is 4.79 Å². The number of amides is 1. The van der Waals surface area contributed by atoms with Gasteiger partial charge in [-0.1, -0.05) is 11.2 Å². The van der Waals surface area contributed by atoms with E-state index < -0.39 is 0 Å². The molecular formula is C17H20N2O4. The minimum Gasteiger partial charge on any atom is -0.490 e. The average Bonchev–Trinajstić information content (AvgIpc) is 2.74. The summed E-state index contributed by atoms with van der Waals surface area (Å²) in [6.45, 7) is 6.70. The van der Waals surface area contributed by atoms with Gasteiger partial charge < -0.3 is 19.3 Å². The zero-order valence-corrected chi connectivity index (χ0v) is 13.5. The minimum absolute atomic E-state index is 0.173. The molecule has 0 bridgehead atoms. The largest absolute Gasteiger partial charge is 0.490 e. The quantitative estimate of drug-likeness (QED) is 0.942. The highest BCUT2D eigenvalue weighted by molar-refractivity contribution is 5.96. The Morgan fingerprint density at radius 2 is 1.96 bits per heavy atom. The fraction of sp³-hybridized carbons (Fsp3) is 0.412. The van der Waals surface area contributed by atoms with E-state index in [0.717, 1.165) is 23.5 Å². The molecule has 0 unspecified atom stereocenters. The first-order valence-corrected chi connectivity index (χ1v) is 7.69. The zero-order valence-electron chi connectivity index (χ0n) is 13.5. The second-order valence-electron chi connectivity index (χ2n) is 5.65. The molecule has 0 spiro atoms. The Morgan fingerprint density at radius 3 is 2.65 bits per heavy atom. The number of aromatic nitrogens is 1. The molecule has 2 aromatic rings. The number of hydrogen-bond acceptors (Lipinski definition) is 5. The van der Waals surface area contributed by atoms with Crippen molar-refractivity contribution in [1.82, 2.24) is 10.5 Å². The predicted molar refractivity (Wildman–Crippen MR) is 83.9 cm³/mol. The minimum atomic E-state index is -0.194. The molecule has 2 heterocycles. The lowest BCUT2D eigenvalue weighted by Crippen LogP contribution is -2.27. The lowest BCUT2D eigenvalue weighted by molar-refractivity contribution is 0.0937. The lowest BCUT2D eigenvalue weighted by atomic mass is 10.1. The Kier molecular flexibility index (Phi) is 4.23. The number of aryl methyl sites for hydroxylation is 2. The summed E-state index contributed by atoms with van der Waals surface area (Å²) in [5.74, 6) is 1.79. The van der Waals surface area contributed by atoms with Crippen LogP contribution >= 0.6 is 0 Å². The van der Waals surface area contributed by atoms with Gasteiger partial charge in [0, 0.05) is 6.42 Å². The van der Waals surface area contributed by atoms with Gasteiger partial charge in [0.15, 0.2) is 11.5 Å². The van der Waals surface area contributed by atoms with Crippen LogP contribution in [0, 0.1) is 13.8 Å². The molecule has 1 N–H and O–H groups in total. The topological polar surface area (TPSA) is 73.6 Å². The fourth-order valence-corrected chi connectivity index (χ4v) is 2.61. The Morgan fingerprint density at radius 1 is 1.22 bits per heavy atom. The van der Waals surface area contributed by atoms with Crippen LogP contribution in [0.25, 0.3) is 0 Å². The van der Waals surface area contributed by atoms with Gasteiger partial charge in [0.25, 0.3) is 5.91 Å². The third-order valence-electron chi connectivity index (χ3n) is 3.88. The van der Waals surface area contributed by atoms with Crippen LogP contribution in [0.3, 0.4) is 0 Å². The molecule has 1 aliphatic rings. The molecule has 1 atom stereocenters. The summed E-state index contributed by atoms with van der Waals surface area (Å²) in [5, 5.41) is 6.78. The molecule has 1 aromatic heterocycles. The lowest BCUT2D eigenvalue weighted by Gasteiger charge is -2.16. The van der Waals surface area contributed by atoms with Gasteiger partial charge in [-0.2, -0.15) is 0 Å². The first kappa shape index (κ1) is 15.4. The van der Waals surface area contributed by atoms with Crippen molar-refractivity contribution in [3.8, 4) is 11.5 Å². The van der Waals surface area contributed by atoms with Crippen molar-refractivity contribution in [2.24, 2.45) is 0 Å². The second kappa shape index (κ2) is 6.32.